The normalized spacial score (nSPS) is 12.5. The Balaban J connectivity index is 2.97. The van der Waals surface area contributed by atoms with Gasteiger partial charge in [-0.2, -0.15) is 13.8 Å². The molecule has 0 aliphatic carbocycles. The zero-order chi connectivity index (χ0) is 9.35. The first kappa shape index (κ1) is 9.24. The van der Waals surface area contributed by atoms with Gasteiger partial charge in [-0.3, -0.25) is 0 Å². The Labute approximate surface area is 68.3 Å². The third kappa shape index (κ3) is 1.50. The molecule has 0 aromatic carbocycles. The van der Waals surface area contributed by atoms with Gasteiger partial charge in [0.15, 0.2) is 0 Å². The molecule has 1 aromatic heterocycles. The maximum Gasteiger partial charge on any atom is 0.384 e. The van der Waals surface area contributed by atoms with Crippen LogP contribution in [0.15, 0.2) is 4.52 Å². The van der Waals surface area contributed by atoms with Crippen molar-refractivity contribution in [1.29, 1.82) is 0 Å². The monoisotopic (exact) mass is 204 g/mol. The summed E-state index contributed by atoms with van der Waals surface area (Å²) in [6.07, 6.45) is -3.89. The number of nitrogens with zero attached hydrogens (tertiary/aromatic N) is 2. The molecule has 0 radical (unpaired) electrons. The van der Waals surface area contributed by atoms with E-state index < -0.39 is 23.5 Å². The number of hydrogen-bond donors (Lipinski definition) is 0. The Hall–Kier alpha value is -0.850. The molecule has 0 fully saturated rings. The Morgan fingerprint density at radius 3 is 2.33 bits per heavy atom. The number of rotatable bonds is 2. The Morgan fingerprint density at radius 2 is 2.00 bits per heavy atom. The SMILES string of the molecule is FC(F)C(F)(F)c1nc(Cl)no1. The second kappa shape index (κ2) is 2.89. The highest BCUT2D eigenvalue weighted by Gasteiger charge is 2.48. The van der Waals surface area contributed by atoms with Crippen molar-refractivity contribution in [3.05, 3.63) is 11.2 Å². The molecule has 1 heterocycles. The maximum atomic E-state index is 12.3. The van der Waals surface area contributed by atoms with Crippen LogP contribution in [0.5, 0.6) is 0 Å². The highest BCUT2D eigenvalue weighted by atomic mass is 35.5. The summed E-state index contributed by atoms with van der Waals surface area (Å²) in [5.41, 5.74) is 0. The fourth-order valence-corrected chi connectivity index (χ4v) is 0.546. The summed E-state index contributed by atoms with van der Waals surface area (Å²) >= 11 is 4.98. The second-order valence-corrected chi connectivity index (χ2v) is 2.13. The molecule has 0 N–H and O–H groups in total. The minimum Gasteiger partial charge on any atom is -0.331 e. The van der Waals surface area contributed by atoms with Gasteiger partial charge in [-0.05, 0) is 16.8 Å². The maximum absolute atomic E-state index is 12.3. The van der Waals surface area contributed by atoms with E-state index in [2.05, 4.69) is 14.7 Å². The van der Waals surface area contributed by atoms with Crippen LogP contribution in [0.25, 0.3) is 0 Å². The molecule has 0 atom stereocenters. The molecule has 3 nitrogen and oxygen atoms in total. The number of alkyl halides is 4. The molecule has 0 unspecified atom stereocenters. The number of hydrogen-bond acceptors (Lipinski definition) is 3. The van der Waals surface area contributed by atoms with Crippen LogP contribution in [-0.4, -0.2) is 16.6 Å². The molecule has 8 heteroatoms. The van der Waals surface area contributed by atoms with Gasteiger partial charge in [0, 0.05) is 0 Å². The van der Waals surface area contributed by atoms with Crippen LogP contribution in [0.3, 0.4) is 0 Å². The first-order chi connectivity index (χ1) is 5.44. The van der Waals surface area contributed by atoms with E-state index in [0.717, 1.165) is 0 Å². The largest absolute Gasteiger partial charge is 0.384 e. The highest BCUT2D eigenvalue weighted by molar-refractivity contribution is 6.28. The fraction of sp³-hybridized carbons (Fsp3) is 0.500. The summed E-state index contributed by atoms with van der Waals surface area (Å²) in [6, 6.07) is 0. The third-order valence-electron chi connectivity index (χ3n) is 0.960. The topological polar surface area (TPSA) is 38.9 Å². The summed E-state index contributed by atoms with van der Waals surface area (Å²) < 4.78 is 51.5. The minimum atomic E-state index is -4.44. The average molecular weight is 205 g/mol. The molecule has 0 amide bonds. The standard InChI is InChI=1S/C4HClF4N2O/c5-3-10-2(12-11-3)4(8,9)1(6)7/h1H. The molecule has 0 spiro atoms. The van der Waals surface area contributed by atoms with Crippen LogP contribution in [0, 0.1) is 0 Å². The zero-order valence-electron chi connectivity index (χ0n) is 5.27. The molecule has 0 bridgehead atoms. The van der Waals surface area contributed by atoms with Crippen molar-refractivity contribution >= 4 is 11.6 Å². The summed E-state index contributed by atoms with van der Waals surface area (Å²) in [5.74, 6) is -5.93. The molecular formula is C4HClF4N2O. The molecule has 0 saturated carbocycles. The lowest BCUT2D eigenvalue weighted by Crippen LogP contribution is -2.23. The average Bonchev–Trinajstić information content (AvgIpc) is 2.35. The first-order valence-electron chi connectivity index (χ1n) is 2.60. The molecular weight excluding hydrogens is 204 g/mol. The van der Waals surface area contributed by atoms with E-state index >= 15 is 0 Å². The Kier molecular flexibility index (Phi) is 2.22. The van der Waals surface area contributed by atoms with Crippen molar-refractivity contribution in [2.24, 2.45) is 0 Å². The van der Waals surface area contributed by atoms with Crippen molar-refractivity contribution < 1.29 is 22.1 Å². The van der Waals surface area contributed by atoms with E-state index in [1.807, 2.05) is 0 Å². The van der Waals surface area contributed by atoms with Gasteiger partial charge >= 0.3 is 18.2 Å². The first-order valence-corrected chi connectivity index (χ1v) is 2.98. The van der Waals surface area contributed by atoms with Gasteiger partial charge in [0.2, 0.25) is 0 Å². The fourth-order valence-electron chi connectivity index (χ4n) is 0.434. The quantitative estimate of drug-likeness (QED) is 0.693. The summed E-state index contributed by atoms with van der Waals surface area (Å²) in [6.45, 7) is 0. The van der Waals surface area contributed by atoms with Crippen LogP contribution in [0.2, 0.25) is 5.28 Å². The van der Waals surface area contributed by atoms with E-state index in [1.165, 1.54) is 0 Å². The lowest BCUT2D eigenvalue weighted by Gasteiger charge is -2.08. The summed E-state index contributed by atoms with van der Waals surface area (Å²) in [4.78, 5) is 2.76. The van der Waals surface area contributed by atoms with Crippen LogP contribution in [0.1, 0.15) is 5.89 Å². The number of halogens is 5. The molecule has 1 aromatic rings. The van der Waals surface area contributed by atoms with E-state index in [4.69, 9.17) is 11.6 Å². The molecule has 12 heavy (non-hydrogen) atoms. The zero-order valence-corrected chi connectivity index (χ0v) is 6.03. The number of aromatic nitrogens is 2. The van der Waals surface area contributed by atoms with Gasteiger partial charge in [-0.25, -0.2) is 8.78 Å². The van der Waals surface area contributed by atoms with Crippen molar-refractivity contribution in [1.82, 2.24) is 10.1 Å². The Morgan fingerprint density at radius 1 is 1.42 bits per heavy atom. The molecule has 0 saturated heterocycles. The molecule has 68 valence electrons. The minimum absolute atomic E-state index is 0.634. The van der Waals surface area contributed by atoms with Crippen LogP contribution in [-0.2, 0) is 5.92 Å². The van der Waals surface area contributed by atoms with Crippen molar-refractivity contribution in [3.63, 3.8) is 0 Å². The molecule has 0 aliphatic rings. The third-order valence-corrected chi connectivity index (χ3v) is 1.11. The predicted molar refractivity (Wildman–Crippen MR) is 29.2 cm³/mol. The smallest absolute Gasteiger partial charge is 0.331 e. The van der Waals surface area contributed by atoms with Crippen molar-refractivity contribution in [2.45, 2.75) is 12.3 Å². The molecule has 1 rings (SSSR count). The second-order valence-electron chi connectivity index (χ2n) is 1.79. The van der Waals surface area contributed by atoms with Crippen LogP contribution >= 0.6 is 11.6 Å². The van der Waals surface area contributed by atoms with E-state index in [-0.39, 0.29) is 0 Å². The predicted octanol–water partition coefficient (Wildman–Crippen LogP) is 2.08. The van der Waals surface area contributed by atoms with Gasteiger partial charge in [-0.1, -0.05) is 0 Å². The lowest BCUT2D eigenvalue weighted by molar-refractivity contribution is -0.152. The van der Waals surface area contributed by atoms with Gasteiger partial charge in [0.1, 0.15) is 0 Å². The molecule has 0 aliphatic heterocycles. The van der Waals surface area contributed by atoms with Gasteiger partial charge in [0.25, 0.3) is 5.28 Å². The Bertz CT molecular complexity index is 276. The highest BCUT2D eigenvalue weighted by Crippen LogP contribution is 2.33. The summed E-state index contributed by atoms with van der Waals surface area (Å²) in [7, 11) is 0. The van der Waals surface area contributed by atoms with Gasteiger partial charge < -0.3 is 4.52 Å². The van der Waals surface area contributed by atoms with E-state index in [9.17, 15) is 17.6 Å². The lowest BCUT2D eigenvalue weighted by atomic mass is 10.3. The van der Waals surface area contributed by atoms with Gasteiger partial charge in [0.05, 0.1) is 0 Å². The van der Waals surface area contributed by atoms with Crippen LogP contribution < -0.4 is 0 Å². The van der Waals surface area contributed by atoms with Gasteiger partial charge in [-0.15, -0.1) is 0 Å². The van der Waals surface area contributed by atoms with Crippen LogP contribution in [0.4, 0.5) is 17.6 Å². The van der Waals surface area contributed by atoms with E-state index in [0.29, 0.717) is 0 Å². The van der Waals surface area contributed by atoms with Crippen molar-refractivity contribution in [2.75, 3.05) is 0 Å². The summed E-state index contributed by atoms with van der Waals surface area (Å²) in [5, 5.41) is 2.10. The van der Waals surface area contributed by atoms with E-state index in [1.54, 1.807) is 0 Å². The van der Waals surface area contributed by atoms with Crippen molar-refractivity contribution in [3.8, 4) is 0 Å².